The molecule has 0 saturated carbocycles. The number of hydrogen-bond donors (Lipinski definition) is 1. The van der Waals surface area contributed by atoms with Gasteiger partial charge in [-0.05, 0) is 48.3 Å². The van der Waals surface area contributed by atoms with E-state index in [-0.39, 0.29) is 6.10 Å². The zero-order chi connectivity index (χ0) is 17.2. The molecule has 2 saturated heterocycles. The molecule has 0 aromatic heterocycles. The number of rotatable bonds is 5. The molecule has 2 aliphatic rings. The van der Waals surface area contributed by atoms with E-state index in [1.807, 2.05) is 0 Å². The summed E-state index contributed by atoms with van der Waals surface area (Å²) in [5, 5.41) is 3.72. The van der Waals surface area contributed by atoms with Crippen LogP contribution in [0.25, 0.3) is 0 Å². The van der Waals surface area contributed by atoms with Gasteiger partial charge in [0.2, 0.25) is 0 Å². The number of nitrogens with one attached hydrogen (secondary N) is 1. The van der Waals surface area contributed by atoms with Crippen molar-refractivity contribution in [3.8, 4) is 0 Å². The molecule has 2 fully saturated rings. The molecule has 2 unspecified atom stereocenters. The van der Waals surface area contributed by atoms with E-state index in [1.165, 1.54) is 29.5 Å². The van der Waals surface area contributed by atoms with Crippen LogP contribution in [0.4, 0.5) is 0 Å². The Hall–Kier alpha value is -1.64. The molecule has 2 aliphatic heterocycles. The van der Waals surface area contributed by atoms with Crippen LogP contribution in [0.1, 0.15) is 68.2 Å². The lowest BCUT2D eigenvalue weighted by Crippen LogP contribution is -2.41. The number of benzene rings is 2. The quantitative estimate of drug-likeness (QED) is 0.811. The zero-order valence-electron chi connectivity index (χ0n) is 15.3. The van der Waals surface area contributed by atoms with Crippen molar-refractivity contribution in [3.63, 3.8) is 0 Å². The summed E-state index contributed by atoms with van der Waals surface area (Å²) in [7, 11) is 0. The first-order valence-corrected chi connectivity index (χ1v) is 9.76. The van der Waals surface area contributed by atoms with Crippen LogP contribution >= 0.6 is 0 Å². The minimum atomic E-state index is 0.0299. The van der Waals surface area contributed by atoms with Gasteiger partial charge in [0.15, 0.2) is 0 Å². The first-order chi connectivity index (χ1) is 12.2. The van der Waals surface area contributed by atoms with Gasteiger partial charge in [-0.3, -0.25) is 0 Å². The van der Waals surface area contributed by atoms with Crippen molar-refractivity contribution in [2.45, 2.75) is 69.7 Å². The maximum absolute atomic E-state index is 6.80. The van der Waals surface area contributed by atoms with Gasteiger partial charge in [-0.1, -0.05) is 68.4 Å². The monoisotopic (exact) mass is 335 g/mol. The third-order valence-electron chi connectivity index (χ3n) is 5.76. The number of piperidine rings is 1. The summed E-state index contributed by atoms with van der Waals surface area (Å²) in [6.45, 7) is 4.54. The Balaban J connectivity index is 1.66. The van der Waals surface area contributed by atoms with Gasteiger partial charge in [0.25, 0.3) is 0 Å². The molecule has 2 heterocycles. The predicted molar refractivity (Wildman–Crippen MR) is 103 cm³/mol. The van der Waals surface area contributed by atoms with Gasteiger partial charge in [-0.2, -0.15) is 0 Å². The van der Waals surface area contributed by atoms with Crippen molar-refractivity contribution in [1.29, 1.82) is 0 Å². The molecule has 2 aromatic rings. The summed E-state index contributed by atoms with van der Waals surface area (Å²) >= 11 is 0. The van der Waals surface area contributed by atoms with E-state index >= 15 is 0 Å². The van der Waals surface area contributed by atoms with Crippen LogP contribution in [0.15, 0.2) is 54.6 Å². The van der Waals surface area contributed by atoms with Gasteiger partial charge in [-0.25, -0.2) is 0 Å². The van der Waals surface area contributed by atoms with Crippen LogP contribution in [-0.4, -0.2) is 18.2 Å². The zero-order valence-corrected chi connectivity index (χ0v) is 15.3. The second-order valence-corrected chi connectivity index (χ2v) is 7.94. The molecule has 0 radical (unpaired) electrons. The lowest BCUT2D eigenvalue weighted by Gasteiger charge is -2.33. The molecule has 2 aromatic carbocycles. The molecule has 25 heavy (non-hydrogen) atoms. The molecule has 2 bridgehead atoms. The van der Waals surface area contributed by atoms with Crippen LogP contribution in [0.5, 0.6) is 0 Å². The summed E-state index contributed by atoms with van der Waals surface area (Å²) in [6, 6.07) is 20.8. The molecule has 132 valence electrons. The lowest BCUT2D eigenvalue weighted by atomic mass is 9.90. The second-order valence-electron chi connectivity index (χ2n) is 7.94. The lowest BCUT2D eigenvalue weighted by molar-refractivity contribution is -0.0186. The first kappa shape index (κ1) is 16.8. The van der Waals surface area contributed by atoms with Crippen molar-refractivity contribution < 1.29 is 4.74 Å². The molecule has 2 nitrogen and oxygen atoms in total. The number of ether oxygens (including phenoxy) is 1. The van der Waals surface area contributed by atoms with Crippen molar-refractivity contribution in [1.82, 2.24) is 5.32 Å². The normalized spacial score (nSPS) is 26.8. The topological polar surface area (TPSA) is 21.3 Å². The van der Waals surface area contributed by atoms with Gasteiger partial charge in [0, 0.05) is 12.1 Å². The highest BCUT2D eigenvalue weighted by molar-refractivity contribution is 5.37. The average molecular weight is 335 g/mol. The van der Waals surface area contributed by atoms with E-state index in [0.29, 0.717) is 24.1 Å². The predicted octanol–water partition coefficient (Wildman–Crippen LogP) is 5.20. The fraction of sp³-hybridized carbons (Fsp3) is 0.478. The third kappa shape index (κ3) is 3.65. The Morgan fingerprint density at radius 3 is 2.08 bits per heavy atom. The standard InChI is InChI=1S/C23H29NO/c1-16(2)21-10-6-7-11-22(21)23(17-8-4-3-5-9-17)25-20-14-18-12-13-19(15-20)24-18/h3-11,16,18-20,23-24H,12-15H2,1-2H3/t18-,19+,20?,23?. The highest BCUT2D eigenvalue weighted by atomic mass is 16.5. The molecule has 4 rings (SSSR count). The van der Waals surface area contributed by atoms with Crippen molar-refractivity contribution in [2.75, 3.05) is 0 Å². The maximum atomic E-state index is 6.80. The SMILES string of the molecule is CC(C)c1ccccc1C(OC1C[C@H]2CC[C@@H](C1)N2)c1ccccc1. The van der Waals surface area contributed by atoms with Crippen LogP contribution in [0.3, 0.4) is 0 Å². The highest BCUT2D eigenvalue weighted by Gasteiger charge is 2.35. The Morgan fingerprint density at radius 1 is 0.840 bits per heavy atom. The Kier molecular flexibility index (Phi) is 4.91. The summed E-state index contributed by atoms with van der Waals surface area (Å²) in [6.07, 6.45) is 5.28. The van der Waals surface area contributed by atoms with E-state index in [1.54, 1.807) is 0 Å². The van der Waals surface area contributed by atoms with Crippen molar-refractivity contribution in [3.05, 3.63) is 71.3 Å². The molecule has 1 N–H and O–H groups in total. The third-order valence-corrected chi connectivity index (χ3v) is 5.76. The van der Waals surface area contributed by atoms with Crippen LogP contribution in [0, 0.1) is 0 Å². The van der Waals surface area contributed by atoms with Gasteiger partial charge in [0.05, 0.1) is 6.10 Å². The minimum absolute atomic E-state index is 0.0299. The van der Waals surface area contributed by atoms with Gasteiger partial charge >= 0.3 is 0 Å². The van der Waals surface area contributed by atoms with Crippen LogP contribution < -0.4 is 5.32 Å². The van der Waals surface area contributed by atoms with E-state index in [0.717, 1.165) is 12.8 Å². The van der Waals surface area contributed by atoms with Gasteiger partial charge in [0.1, 0.15) is 6.10 Å². The van der Waals surface area contributed by atoms with E-state index in [4.69, 9.17) is 4.74 Å². The molecule has 0 spiro atoms. The second kappa shape index (κ2) is 7.31. The molecule has 4 atom stereocenters. The maximum Gasteiger partial charge on any atom is 0.108 e. The van der Waals surface area contributed by atoms with E-state index in [9.17, 15) is 0 Å². The van der Waals surface area contributed by atoms with Crippen LogP contribution in [0.2, 0.25) is 0 Å². The molecular weight excluding hydrogens is 306 g/mol. The fourth-order valence-electron chi connectivity index (χ4n) is 4.54. The Bertz CT molecular complexity index is 684. The molecule has 0 amide bonds. The Labute approximate surface area is 151 Å². The summed E-state index contributed by atoms with van der Waals surface area (Å²) in [5.74, 6) is 0.496. The van der Waals surface area contributed by atoms with Crippen molar-refractivity contribution >= 4 is 0 Å². The Morgan fingerprint density at radius 2 is 1.44 bits per heavy atom. The van der Waals surface area contributed by atoms with Gasteiger partial charge in [-0.15, -0.1) is 0 Å². The van der Waals surface area contributed by atoms with Gasteiger partial charge < -0.3 is 10.1 Å². The average Bonchev–Trinajstić information content (AvgIpc) is 2.98. The highest BCUT2D eigenvalue weighted by Crippen LogP contribution is 2.37. The number of hydrogen-bond acceptors (Lipinski definition) is 2. The molecule has 0 aliphatic carbocycles. The largest absolute Gasteiger partial charge is 0.365 e. The van der Waals surface area contributed by atoms with Crippen molar-refractivity contribution in [2.24, 2.45) is 0 Å². The minimum Gasteiger partial charge on any atom is -0.365 e. The van der Waals surface area contributed by atoms with E-state index < -0.39 is 0 Å². The first-order valence-electron chi connectivity index (χ1n) is 9.76. The summed E-state index contributed by atoms with van der Waals surface area (Å²) in [4.78, 5) is 0. The summed E-state index contributed by atoms with van der Waals surface area (Å²) < 4.78 is 6.80. The molecular formula is C23H29NO. The van der Waals surface area contributed by atoms with Crippen LogP contribution in [-0.2, 0) is 4.74 Å². The van der Waals surface area contributed by atoms with E-state index in [2.05, 4.69) is 73.8 Å². The number of fused-ring (bicyclic) bond motifs is 2. The fourth-order valence-corrected chi connectivity index (χ4v) is 4.54. The molecule has 2 heteroatoms. The smallest absolute Gasteiger partial charge is 0.108 e. The summed E-state index contributed by atoms with van der Waals surface area (Å²) in [5.41, 5.74) is 3.99.